The number of rotatable bonds is 3. The maximum absolute atomic E-state index is 12.9. The van der Waals surface area contributed by atoms with Crippen LogP contribution in [0, 0.1) is 0 Å². The lowest BCUT2D eigenvalue weighted by Crippen LogP contribution is -2.36. The maximum atomic E-state index is 12.9. The zero-order valence-corrected chi connectivity index (χ0v) is 17.5. The summed E-state index contributed by atoms with van der Waals surface area (Å²) in [6, 6.07) is 11.8. The van der Waals surface area contributed by atoms with Crippen LogP contribution in [-0.2, 0) is 17.8 Å². The van der Waals surface area contributed by atoms with Gasteiger partial charge in [0.1, 0.15) is 0 Å². The fourth-order valence-corrected chi connectivity index (χ4v) is 5.15. The third-order valence-corrected chi connectivity index (χ3v) is 6.88. The molecule has 1 aromatic heterocycles. The fourth-order valence-electron chi connectivity index (χ4n) is 4.05. The molecule has 7 heteroatoms. The van der Waals surface area contributed by atoms with Gasteiger partial charge in [-0.05, 0) is 35.6 Å². The Morgan fingerprint density at radius 2 is 1.73 bits per heavy atom. The molecule has 0 bridgehead atoms. The van der Waals surface area contributed by atoms with Crippen molar-refractivity contribution >= 4 is 46.1 Å². The van der Waals surface area contributed by atoms with Crippen LogP contribution in [0.3, 0.4) is 0 Å². The number of carbonyl (C=O) groups is 3. The lowest BCUT2D eigenvalue weighted by molar-refractivity contribution is -0.117. The van der Waals surface area contributed by atoms with E-state index in [0.717, 1.165) is 19.5 Å². The topological polar surface area (TPSA) is 66.5 Å². The Bertz CT molecular complexity index is 1220. The highest BCUT2D eigenvalue weighted by molar-refractivity contribution is 7.10. The molecule has 1 aliphatic carbocycles. The second kappa shape index (κ2) is 7.47. The Labute approximate surface area is 182 Å². The second-order valence-corrected chi connectivity index (χ2v) is 8.87. The summed E-state index contributed by atoms with van der Waals surface area (Å²) in [6.07, 6.45) is 0.940. The minimum Gasteiger partial charge on any atom is -0.324 e. The summed E-state index contributed by atoms with van der Waals surface area (Å²) < 4.78 is 0. The molecule has 150 valence electrons. The van der Waals surface area contributed by atoms with Crippen LogP contribution < -0.4 is 5.32 Å². The first-order valence-corrected chi connectivity index (χ1v) is 10.9. The molecule has 0 saturated carbocycles. The summed E-state index contributed by atoms with van der Waals surface area (Å²) in [5.74, 6) is -0.682. The van der Waals surface area contributed by atoms with Crippen molar-refractivity contribution in [3.05, 3.63) is 85.6 Å². The number of benzene rings is 2. The lowest BCUT2D eigenvalue weighted by Gasteiger charge is -2.26. The van der Waals surface area contributed by atoms with E-state index in [4.69, 9.17) is 11.6 Å². The highest BCUT2D eigenvalue weighted by Crippen LogP contribution is 2.33. The molecule has 5 nitrogen and oxygen atoms in total. The Balaban J connectivity index is 1.37. The van der Waals surface area contributed by atoms with Crippen molar-refractivity contribution in [2.45, 2.75) is 13.0 Å². The Hall–Kier alpha value is -2.80. The number of thiophene rings is 1. The van der Waals surface area contributed by atoms with Crippen LogP contribution in [0.4, 0.5) is 5.69 Å². The van der Waals surface area contributed by atoms with Gasteiger partial charge in [0.05, 0.1) is 17.3 Å². The molecular weight excluding hydrogens is 420 g/mol. The predicted molar refractivity (Wildman–Crippen MR) is 117 cm³/mol. The van der Waals surface area contributed by atoms with Crippen molar-refractivity contribution < 1.29 is 14.4 Å². The van der Waals surface area contributed by atoms with Crippen molar-refractivity contribution in [2.24, 2.45) is 0 Å². The zero-order chi connectivity index (χ0) is 20.8. The van der Waals surface area contributed by atoms with Crippen molar-refractivity contribution in [3.63, 3.8) is 0 Å². The zero-order valence-electron chi connectivity index (χ0n) is 15.9. The number of ketones is 2. The summed E-state index contributed by atoms with van der Waals surface area (Å²) >= 11 is 8.11. The first-order chi connectivity index (χ1) is 14.5. The molecule has 2 aliphatic rings. The largest absolute Gasteiger partial charge is 0.324 e. The van der Waals surface area contributed by atoms with Crippen LogP contribution in [0.5, 0.6) is 0 Å². The maximum Gasteiger partial charge on any atom is 0.238 e. The first-order valence-electron chi connectivity index (χ1n) is 9.60. The number of carbonyl (C=O) groups excluding carboxylic acids is 3. The van der Waals surface area contributed by atoms with Crippen LogP contribution >= 0.6 is 22.9 Å². The third-order valence-electron chi connectivity index (χ3n) is 5.54. The summed E-state index contributed by atoms with van der Waals surface area (Å²) in [4.78, 5) is 41.8. The summed E-state index contributed by atoms with van der Waals surface area (Å²) in [5, 5.41) is 5.13. The fraction of sp³-hybridized carbons (Fsp3) is 0.174. The molecule has 1 N–H and O–H groups in total. The number of fused-ring (bicyclic) bond motifs is 3. The number of anilines is 1. The Morgan fingerprint density at radius 1 is 1.03 bits per heavy atom. The summed E-state index contributed by atoms with van der Waals surface area (Å²) in [6.45, 7) is 1.80. The van der Waals surface area contributed by atoms with Crippen molar-refractivity contribution in [1.29, 1.82) is 0 Å². The van der Waals surface area contributed by atoms with E-state index in [1.165, 1.54) is 22.6 Å². The molecule has 2 heterocycles. The predicted octanol–water partition coefficient (Wildman–Crippen LogP) is 4.17. The smallest absolute Gasteiger partial charge is 0.238 e. The molecule has 0 unspecified atom stereocenters. The SMILES string of the molecule is O=C(CN1CCc2sccc2C1)Nc1cc2c(cc1Cl)C(=O)c1ccccc1C2=O. The van der Waals surface area contributed by atoms with Crippen LogP contribution in [0.2, 0.25) is 5.02 Å². The van der Waals surface area contributed by atoms with E-state index in [2.05, 4.69) is 21.7 Å². The van der Waals surface area contributed by atoms with Crippen molar-refractivity contribution in [3.8, 4) is 0 Å². The van der Waals surface area contributed by atoms with E-state index in [0.29, 0.717) is 16.8 Å². The van der Waals surface area contributed by atoms with E-state index >= 15 is 0 Å². The number of hydrogen-bond donors (Lipinski definition) is 1. The van der Waals surface area contributed by atoms with Gasteiger partial charge >= 0.3 is 0 Å². The quantitative estimate of drug-likeness (QED) is 0.523. The molecule has 0 atom stereocenters. The van der Waals surface area contributed by atoms with Gasteiger partial charge in [-0.25, -0.2) is 0 Å². The van der Waals surface area contributed by atoms with E-state index in [-0.39, 0.29) is 40.2 Å². The van der Waals surface area contributed by atoms with Crippen LogP contribution in [0.1, 0.15) is 42.3 Å². The van der Waals surface area contributed by atoms with Gasteiger partial charge in [0.2, 0.25) is 5.91 Å². The Morgan fingerprint density at radius 3 is 2.47 bits per heavy atom. The number of hydrogen-bond acceptors (Lipinski definition) is 5. The molecule has 0 saturated heterocycles. The molecule has 1 aliphatic heterocycles. The normalized spacial score (nSPS) is 15.4. The third kappa shape index (κ3) is 3.27. The van der Waals surface area contributed by atoms with Crippen LogP contribution in [-0.4, -0.2) is 35.5 Å². The van der Waals surface area contributed by atoms with Crippen molar-refractivity contribution in [1.82, 2.24) is 4.90 Å². The van der Waals surface area contributed by atoms with Gasteiger partial charge in [0, 0.05) is 40.2 Å². The van der Waals surface area contributed by atoms with E-state index in [1.54, 1.807) is 35.6 Å². The van der Waals surface area contributed by atoms with Crippen molar-refractivity contribution in [2.75, 3.05) is 18.4 Å². The second-order valence-electron chi connectivity index (χ2n) is 7.46. The number of nitrogens with one attached hydrogen (secondary N) is 1. The van der Waals surface area contributed by atoms with Gasteiger partial charge < -0.3 is 5.32 Å². The molecule has 3 aromatic rings. The van der Waals surface area contributed by atoms with E-state index < -0.39 is 0 Å². The number of nitrogens with zero attached hydrogens (tertiary/aromatic N) is 1. The highest BCUT2D eigenvalue weighted by atomic mass is 35.5. The average Bonchev–Trinajstić information content (AvgIpc) is 3.21. The number of amides is 1. The van der Waals surface area contributed by atoms with Gasteiger partial charge in [-0.15, -0.1) is 11.3 Å². The van der Waals surface area contributed by atoms with E-state index in [1.807, 2.05) is 0 Å². The summed E-state index contributed by atoms with van der Waals surface area (Å²) in [5.41, 5.74) is 2.89. The highest BCUT2D eigenvalue weighted by Gasteiger charge is 2.30. The minimum atomic E-state index is -0.242. The molecule has 1 amide bonds. The van der Waals surface area contributed by atoms with Gasteiger partial charge in [-0.1, -0.05) is 35.9 Å². The molecule has 5 rings (SSSR count). The monoisotopic (exact) mass is 436 g/mol. The van der Waals surface area contributed by atoms with Crippen LogP contribution in [0.25, 0.3) is 0 Å². The Kier molecular flexibility index (Phi) is 4.77. The van der Waals surface area contributed by atoms with E-state index in [9.17, 15) is 14.4 Å². The van der Waals surface area contributed by atoms with Crippen LogP contribution in [0.15, 0.2) is 47.8 Å². The average molecular weight is 437 g/mol. The first kappa shape index (κ1) is 19.2. The van der Waals surface area contributed by atoms with Gasteiger partial charge in [0.15, 0.2) is 11.6 Å². The lowest BCUT2D eigenvalue weighted by atomic mass is 9.84. The number of halogens is 1. The van der Waals surface area contributed by atoms with Gasteiger partial charge in [0.25, 0.3) is 0 Å². The molecule has 0 radical (unpaired) electrons. The molecule has 2 aromatic carbocycles. The summed E-state index contributed by atoms with van der Waals surface area (Å²) in [7, 11) is 0. The molecular formula is C23H17ClN2O3S. The molecule has 0 fully saturated rings. The van der Waals surface area contributed by atoms with Gasteiger partial charge in [-0.2, -0.15) is 0 Å². The standard InChI is InChI=1S/C23H17ClN2O3S/c24-18-9-16-17(23(29)15-4-2-1-3-14(15)22(16)28)10-19(18)25-21(27)12-26-7-5-20-13(11-26)6-8-30-20/h1-4,6,8-10H,5,7,11-12H2,(H,25,27). The minimum absolute atomic E-state index is 0.203. The van der Waals surface area contributed by atoms with Gasteiger partial charge in [-0.3, -0.25) is 19.3 Å². The molecule has 30 heavy (non-hydrogen) atoms. The molecule has 0 spiro atoms.